The van der Waals surface area contributed by atoms with Gasteiger partial charge in [0.25, 0.3) is 0 Å². The first-order valence-electron chi connectivity index (χ1n) is 6.46. The number of likely N-dealkylation sites (N-methyl/N-ethyl adjacent to an activating group) is 2. The zero-order valence-electron chi connectivity index (χ0n) is 10.9. The van der Waals surface area contributed by atoms with Crippen molar-refractivity contribution >= 4 is 0 Å². The molecular weight excluding hydrogens is 208 g/mol. The van der Waals surface area contributed by atoms with E-state index in [-0.39, 0.29) is 0 Å². The predicted molar refractivity (Wildman–Crippen MR) is 73.0 cm³/mol. The summed E-state index contributed by atoms with van der Waals surface area (Å²) >= 11 is 0. The summed E-state index contributed by atoms with van der Waals surface area (Å²) in [6.45, 7) is 6.82. The van der Waals surface area contributed by atoms with Gasteiger partial charge in [-0.2, -0.15) is 0 Å². The SMILES string of the molecule is CCN1CCN(C)/C(=C\Cc2ccccc2)C1. The van der Waals surface area contributed by atoms with Crippen LogP contribution in [0.4, 0.5) is 0 Å². The maximum absolute atomic E-state index is 2.50. The highest BCUT2D eigenvalue weighted by Gasteiger charge is 2.15. The Bertz CT molecular complexity index is 370. The summed E-state index contributed by atoms with van der Waals surface area (Å²) in [6.07, 6.45) is 3.41. The zero-order chi connectivity index (χ0) is 12.1. The molecule has 0 bridgehead atoms. The van der Waals surface area contributed by atoms with Gasteiger partial charge in [-0.05, 0) is 18.5 Å². The Balaban J connectivity index is 2.00. The topological polar surface area (TPSA) is 6.48 Å². The van der Waals surface area contributed by atoms with Crippen molar-refractivity contribution in [2.75, 3.05) is 33.2 Å². The van der Waals surface area contributed by atoms with Crippen LogP contribution in [0.3, 0.4) is 0 Å². The van der Waals surface area contributed by atoms with E-state index < -0.39 is 0 Å². The van der Waals surface area contributed by atoms with E-state index in [0.29, 0.717) is 0 Å². The van der Waals surface area contributed by atoms with E-state index in [1.54, 1.807) is 0 Å². The Morgan fingerprint density at radius 2 is 1.94 bits per heavy atom. The molecule has 0 saturated carbocycles. The number of hydrogen-bond acceptors (Lipinski definition) is 2. The van der Waals surface area contributed by atoms with Crippen molar-refractivity contribution < 1.29 is 0 Å². The number of piperazine rings is 1. The molecule has 0 atom stereocenters. The van der Waals surface area contributed by atoms with Crippen LogP contribution in [0.5, 0.6) is 0 Å². The van der Waals surface area contributed by atoms with E-state index in [1.165, 1.54) is 17.8 Å². The van der Waals surface area contributed by atoms with E-state index in [2.05, 4.69) is 60.2 Å². The monoisotopic (exact) mass is 230 g/mol. The Morgan fingerprint density at radius 1 is 1.18 bits per heavy atom. The van der Waals surface area contributed by atoms with Gasteiger partial charge in [0, 0.05) is 32.4 Å². The first-order valence-corrected chi connectivity index (χ1v) is 6.46. The van der Waals surface area contributed by atoms with Gasteiger partial charge >= 0.3 is 0 Å². The number of benzene rings is 1. The second-order valence-corrected chi connectivity index (χ2v) is 4.68. The number of allylic oxidation sites excluding steroid dienone is 1. The molecule has 1 heterocycles. The smallest absolute Gasteiger partial charge is 0.0381 e. The van der Waals surface area contributed by atoms with Crippen LogP contribution in [0.15, 0.2) is 42.1 Å². The van der Waals surface area contributed by atoms with Crippen LogP contribution in [0.25, 0.3) is 0 Å². The van der Waals surface area contributed by atoms with E-state index in [9.17, 15) is 0 Å². The molecule has 0 aromatic heterocycles. The van der Waals surface area contributed by atoms with Gasteiger partial charge in [0.05, 0.1) is 0 Å². The molecule has 2 heteroatoms. The highest BCUT2D eigenvalue weighted by molar-refractivity contribution is 5.19. The van der Waals surface area contributed by atoms with Crippen molar-refractivity contribution in [2.45, 2.75) is 13.3 Å². The molecule has 2 rings (SSSR count). The van der Waals surface area contributed by atoms with Crippen LogP contribution in [0.2, 0.25) is 0 Å². The fraction of sp³-hybridized carbons (Fsp3) is 0.467. The van der Waals surface area contributed by atoms with Crippen LogP contribution in [0, 0.1) is 0 Å². The molecule has 2 nitrogen and oxygen atoms in total. The molecule has 0 aliphatic carbocycles. The zero-order valence-corrected chi connectivity index (χ0v) is 10.9. The fourth-order valence-corrected chi connectivity index (χ4v) is 2.20. The van der Waals surface area contributed by atoms with Gasteiger partial charge in [-0.15, -0.1) is 0 Å². The average molecular weight is 230 g/mol. The molecular formula is C15H22N2. The van der Waals surface area contributed by atoms with E-state index in [1.807, 2.05) is 0 Å². The molecule has 0 N–H and O–H groups in total. The van der Waals surface area contributed by atoms with E-state index in [0.717, 1.165) is 26.1 Å². The first kappa shape index (κ1) is 12.2. The molecule has 0 spiro atoms. The molecule has 92 valence electrons. The average Bonchev–Trinajstić information content (AvgIpc) is 2.39. The summed E-state index contributed by atoms with van der Waals surface area (Å²) < 4.78 is 0. The Kier molecular flexibility index (Phi) is 4.21. The molecule has 0 amide bonds. The normalized spacial score (nSPS) is 19.9. The Hall–Kier alpha value is -1.28. The predicted octanol–water partition coefficient (Wildman–Crippen LogP) is 2.38. The molecule has 1 aromatic rings. The van der Waals surface area contributed by atoms with Crippen molar-refractivity contribution in [1.29, 1.82) is 0 Å². The van der Waals surface area contributed by atoms with Crippen LogP contribution >= 0.6 is 0 Å². The van der Waals surface area contributed by atoms with Crippen LogP contribution in [-0.2, 0) is 6.42 Å². The summed E-state index contributed by atoms with van der Waals surface area (Å²) in [6, 6.07) is 10.7. The van der Waals surface area contributed by atoms with Crippen molar-refractivity contribution in [3.63, 3.8) is 0 Å². The Morgan fingerprint density at radius 3 is 2.65 bits per heavy atom. The lowest BCUT2D eigenvalue weighted by molar-refractivity contribution is 0.203. The van der Waals surface area contributed by atoms with Gasteiger partial charge in [0.15, 0.2) is 0 Å². The molecule has 1 saturated heterocycles. The van der Waals surface area contributed by atoms with Gasteiger partial charge in [0.1, 0.15) is 0 Å². The summed E-state index contributed by atoms with van der Waals surface area (Å²) in [7, 11) is 2.20. The van der Waals surface area contributed by atoms with Gasteiger partial charge in [-0.25, -0.2) is 0 Å². The van der Waals surface area contributed by atoms with Gasteiger partial charge in [-0.3, -0.25) is 4.90 Å². The summed E-state index contributed by atoms with van der Waals surface area (Å²) in [5, 5.41) is 0. The van der Waals surface area contributed by atoms with Crippen molar-refractivity contribution in [3.8, 4) is 0 Å². The van der Waals surface area contributed by atoms with Crippen LogP contribution < -0.4 is 0 Å². The number of nitrogens with zero attached hydrogens (tertiary/aromatic N) is 2. The van der Waals surface area contributed by atoms with Crippen molar-refractivity contribution in [3.05, 3.63) is 47.7 Å². The van der Waals surface area contributed by atoms with Gasteiger partial charge in [0.2, 0.25) is 0 Å². The molecule has 1 aliphatic heterocycles. The maximum Gasteiger partial charge on any atom is 0.0381 e. The third-order valence-corrected chi connectivity index (χ3v) is 3.49. The standard InChI is InChI=1S/C15H22N2/c1-3-17-12-11-16(2)15(13-17)10-9-14-7-5-4-6-8-14/h4-8,10H,3,9,11-13H2,1-2H3/b15-10-. The number of hydrogen-bond donors (Lipinski definition) is 0. The van der Waals surface area contributed by atoms with Crippen molar-refractivity contribution in [1.82, 2.24) is 9.80 Å². The van der Waals surface area contributed by atoms with Crippen molar-refractivity contribution in [2.24, 2.45) is 0 Å². The molecule has 1 fully saturated rings. The van der Waals surface area contributed by atoms with Crippen LogP contribution in [-0.4, -0.2) is 43.0 Å². The lowest BCUT2D eigenvalue weighted by atomic mass is 10.1. The third kappa shape index (κ3) is 3.34. The minimum Gasteiger partial charge on any atom is -0.376 e. The minimum atomic E-state index is 1.04. The first-order chi connectivity index (χ1) is 8.29. The largest absolute Gasteiger partial charge is 0.376 e. The lowest BCUT2D eigenvalue weighted by Crippen LogP contribution is -2.42. The van der Waals surface area contributed by atoms with Gasteiger partial charge in [-0.1, -0.05) is 43.3 Å². The Labute approximate surface area is 105 Å². The van der Waals surface area contributed by atoms with E-state index in [4.69, 9.17) is 0 Å². The summed E-state index contributed by atoms with van der Waals surface area (Å²) in [5.74, 6) is 0. The molecule has 0 radical (unpaired) electrons. The number of rotatable bonds is 3. The molecule has 1 aromatic carbocycles. The second-order valence-electron chi connectivity index (χ2n) is 4.68. The summed E-state index contributed by atoms with van der Waals surface area (Å²) in [4.78, 5) is 4.88. The molecule has 17 heavy (non-hydrogen) atoms. The molecule has 0 unspecified atom stereocenters. The minimum absolute atomic E-state index is 1.04. The second kappa shape index (κ2) is 5.87. The maximum atomic E-state index is 2.50. The third-order valence-electron chi connectivity index (χ3n) is 3.49. The fourth-order valence-electron chi connectivity index (χ4n) is 2.20. The highest BCUT2D eigenvalue weighted by Crippen LogP contribution is 2.12. The quantitative estimate of drug-likeness (QED) is 0.786. The van der Waals surface area contributed by atoms with Crippen LogP contribution in [0.1, 0.15) is 12.5 Å². The van der Waals surface area contributed by atoms with Gasteiger partial charge < -0.3 is 4.90 Å². The lowest BCUT2D eigenvalue weighted by Gasteiger charge is -2.35. The molecule has 1 aliphatic rings. The van der Waals surface area contributed by atoms with E-state index >= 15 is 0 Å². The summed E-state index contributed by atoms with van der Waals surface area (Å²) in [5.41, 5.74) is 2.85. The highest BCUT2D eigenvalue weighted by atomic mass is 15.3.